The molecule has 0 amide bonds. The third-order valence-corrected chi connectivity index (χ3v) is 1.77. The predicted molar refractivity (Wildman–Crippen MR) is 50.1 cm³/mol. The number of rotatable bonds is 3. The van der Waals surface area contributed by atoms with Crippen molar-refractivity contribution in [2.24, 2.45) is 0 Å². The third-order valence-electron chi connectivity index (χ3n) is 1.77. The summed E-state index contributed by atoms with van der Waals surface area (Å²) in [5.41, 5.74) is -5.26. The highest BCUT2D eigenvalue weighted by Gasteiger charge is 2.73. The van der Waals surface area contributed by atoms with Gasteiger partial charge in [0, 0.05) is 6.42 Å². The summed E-state index contributed by atoms with van der Waals surface area (Å²) < 4.78 is 70.0. The molecule has 114 valence electrons. The molecule has 0 aliphatic rings. The molecule has 0 heterocycles. The standard InChI is InChI=1S/C5H4F6O2.C4H8O2/c1-2(12)3(13,4(6,7)8)5(9,10)11;1-4(6)2-3-5/h13H,1H3;3-4,6H,2H2,1H3. The molecular weight excluding hydrogens is 286 g/mol. The van der Waals surface area contributed by atoms with Crippen molar-refractivity contribution in [1.29, 1.82) is 0 Å². The maximum atomic E-state index is 11.7. The van der Waals surface area contributed by atoms with Gasteiger partial charge in [-0.25, -0.2) is 0 Å². The van der Waals surface area contributed by atoms with Crippen molar-refractivity contribution >= 4 is 12.1 Å². The fraction of sp³-hybridized carbons (Fsp3) is 0.778. The van der Waals surface area contributed by atoms with Crippen LogP contribution >= 0.6 is 0 Å². The second-order valence-corrected chi connectivity index (χ2v) is 3.51. The fourth-order valence-electron chi connectivity index (χ4n) is 0.699. The lowest BCUT2D eigenvalue weighted by atomic mass is 9.98. The van der Waals surface area contributed by atoms with Crippen molar-refractivity contribution in [2.75, 3.05) is 0 Å². The Labute approximate surface area is 104 Å². The van der Waals surface area contributed by atoms with Gasteiger partial charge in [0.1, 0.15) is 6.29 Å². The lowest BCUT2D eigenvalue weighted by Gasteiger charge is -2.29. The zero-order valence-electron chi connectivity index (χ0n) is 9.84. The Hall–Kier alpha value is -1.16. The van der Waals surface area contributed by atoms with E-state index >= 15 is 0 Å². The Balaban J connectivity index is 0. The van der Waals surface area contributed by atoms with Gasteiger partial charge in [0.25, 0.3) is 0 Å². The zero-order chi connectivity index (χ0) is 16.1. The van der Waals surface area contributed by atoms with Crippen LogP contribution in [0.15, 0.2) is 0 Å². The number of halogens is 6. The van der Waals surface area contributed by atoms with Crippen LogP contribution in [0.4, 0.5) is 26.3 Å². The van der Waals surface area contributed by atoms with E-state index in [0.717, 1.165) is 0 Å². The fourth-order valence-corrected chi connectivity index (χ4v) is 0.699. The van der Waals surface area contributed by atoms with Crippen molar-refractivity contribution in [3.05, 3.63) is 0 Å². The molecule has 0 aromatic carbocycles. The first-order valence-electron chi connectivity index (χ1n) is 4.70. The molecule has 0 aromatic rings. The molecule has 0 aromatic heterocycles. The van der Waals surface area contributed by atoms with Gasteiger partial charge in [-0.1, -0.05) is 0 Å². The van der Waals surface area contributed by atoms with Gasteiger partial charge in [0.2, 0.25) is 0 Å². The smallest absolute Gasteiger partial charge is 0.393 e. The average molecular weight is 298 g/mol. The molecule has 19 heavy (non-hydrogen) atoms. The molecule has 0 bridgehead atoms. The Bertz CT molecular complexity index is 293. The monoisotopic (exact) mass is 298 g/mol. The number of aldehydes is 1. The second kappa shape index (κ2) is 6.85. The minimum atomic E-state index is -6.06. The van der Waals surface area contributed by atoms with Gasteiger partial charge in [-0.15, -0.1) is 0 Å². The number of hydrogen-bond donors (Lipinski definition) is 2. The van der Waals surface area contributed by atoms with Gasteiger partial charge in [-0.2, -0.15) is 26.3 Å². The van der Waals surface area contributed by atoms with E-state index in [9.17, 15) is 35.9 Å². The molecular formula is C9H12F6O4. The zero-order valence-corrected chi connectivity index (χ0v) is 9.84. The predicted octanol–water partition coefficient (Wildman–Crippen LogP) is 1.39. The maximum Gasteiger partial charge on any atom is 0.433 e. The molecule has 0 radical (unpaired) electrons. The molecule has 0 fully saturated rings. The molecule has 1 unspecified atom stereocenters. The van der Waals surface area contributed by atoms with Crippen LogP contribution in [0.2, 0.25) is 0 Å². The van der Waals surface area contributed by atoms with Crippen LogP contribution in [-0.2, 0) is 9.59 Å². The van der Waals surface area contributed by atoms with Crippen LogP contribution in [0, 0.1) is 0 Å². The lowest BCUT2D eigenvalue weighted by Crippen LogP contribution is -2.61. The SMILES string of the molecule is CC(=O)C(O)(C(F)(F)F)C(F)(F)F.CC(O)CC=O. The number of alkyl halides is 6. The molecule has 0 saturated heterocycles. The Morgan fingerprint density at radius 3 is 1.47 bits per heavy atom. The number of carbonyl (C=O) groups is 2. The van der Waals surface area contributed by atoms with Gasteiger partial charge in [-0.05, 0) is 13.8 Å². The summed E-state index contributed by atoms with van der Waals surface area (Å²) in [4.78, 5) is 19.5. The van der Waals surface area contributed by atoms with E-state index in [1.807, 2.05) is 0 Å². The summed E-state index contributed by atoms with van der Waals surface area (Å²) in [5, 5.41) is 16.5. The number of ketones is 1. The maximum absolute atomic E-state index is 11.7. The van der Waals surface area contributed by atoms with Gasteiger partial charge in [-0.3, -0.25) is 4.79 Å². The van der Waals surface area contributed by atoms with Gasteiger partial charge in [0.05, 0.1) is 6.10 Å². The molecule has 1 atom stereocenters. The van der Waals surface area contributed by atoms with Gasteiger partial charge >= 0.3 is 18.0 Å². The lowest BCUT2D eigenvalue weighted by molar-refractivity contribution is -0.349. The summed E-state index contributed by atoms with van der Waals surface area (Å²) >= 11 is 0. The van der Waals surface area contributed by atoms with Crippen LogP contribution in [0.5, 0.6) is 0 Å². The summed E-state index contributed by atoms with van der Waals surface area (Å²) in [6, 6.07) is 0. The summed E-state index contributed by atoms with van der Waals surface area (Å²) in [7, 11) is 0. The van der Waals surface area contributed by atoms with Crippen molar-refractivity contribution in [2.45, 2.75) is 44.3 Å². The minimum Gasteiger partial charge on any atom is -0.393 e. The topological polar surface area (TPSA) is 74.6 Å². The average Bonchev–Trinajstić information content (AvgIpc) is 2.13. The largest absolute Gasteiger partial charge is 0.433 e. The van der Waals surface area contributed by atoms with Crippen LogP contribution < -0.4 is 0 Å². The molecule has 0 aliphatic carbocycles. The minimum absolute atomic E-state index is 0.0149. The highest BCUT2D eigenvalue weighted by molar-refractivity contribution is 5.86. The van der Waals surface area contributed by atoms with E-state index in [2.05, 4.69) is 0 Å². The van der Waals surface area contributed by atoms with E-state index in [-0.39, 0.29) is 13.3 Å². The summed E-state index contributed by atoms with van der Waals surface area (Å²) in [5.74, 6) is -2.41. The highest BCUT2D eigenvalue weighted by atomic mass is 19.4. The molecule has 0 aliphatic heterocycles. The second-order valence-electron chi connectivity index (χ2n) is 3.51. The Kier molecular flexibility index (Phi) is 7.27. The van der Waals surface area contributed by atoms with Crippen LogP contribution in [0.25, 0.3) is 0 Å². The van der Waals surface area contributed by atoms with Crippen molar-refractivity contribution in [1.82, 2.24) is 0 Å². The molecule has 2 N–H and O–H groups in total. The van der Waals surface area contributed by atoms with Gasteiger partial charge in [0.15, 0.2) is 5.78 Å². The first kappa shape index (κ1) is 20.2. The number of aliphatic hydroxyl groups is 2. The normalized spacial score (nSPS) is 14.2. The number of carbonyl (C=O) groups excluding carboxylic acids is 2. The van der Waals surface area contributed by atoms with Crippen LogP contribution in [0.1, 0.15) is 20.3 Å². The van der Waals surface area contributed by atoms with E-state index in [4.69, 9.17) is 10.2 Å². The van der Waals surface area contributed by atoms with Crippen LogP contribution in [-0.4, -0.2) is 46.3 Å². The van der Waals surface area contributed by atoms with Crippen molar-refractivity contribution < 1.29 is 46.1 Å². The first-order valence-corrected chi connectivity index (χ1v) is 4.70. The highest BCUT2D eigenvalue weighted by Crippen LogP contribution is 2.43. The third kappa shape index (κ3) is 5.55. The van der Waals surface area contributed by atoms with Crippen molar-refractivity contribution in [3.8, 4) is 0 Å². The van der Waals surface area contributed by atoms with Gasteiger partial charge < -0.3 is 15.0 Å². The number of aliphatic hydroxyl groups excluding tert-OH is 1. The molecule has 4 nitrogen and oxygen atoms in total. The van der Waals surface area contributed by atoms with Crippen molar-refractivity contribution in [3.63, 3.8) is 0 Å². The van der Waals surface area contributed by atoms with Crippen LogP contribution in [0.3, 0.4) is 0 Å². The molecule has 0 spiro atoms. The molecule has 0 rings (SSSR count). The van der Waals surface area contributed by atoms with E-state index in [1.165, 1.54) is 0 Å². The first-order chi connectivity index (χ1) is 8.21. The number of hydrogen-bond acceptors (Lipinski definition) is 4. The Morgan fingerprint density at radius 2 is 1.47 bits per heavy atom. The Morgan fingerprint density at radius 1 is 1.16 bits per heavy atom. The quantitative estimate of drug-likeness (QED) is 0.610. The van der Waals surface area contributed by atoms with E-state index in [0.29, 0.717) is 6.29 Å². The summed E-state index contributed by atoms with van der Waals surface area (Å²) in [6.45, 7) is 1.59. The molecule has 10 heteroatoms. The molecule has 0 saturated carbocycles. The summed E-state index contributed by atoms with van der Waals surface area (Å²) in [6.07, 6.45) is -11.6. The van der Waals surface area contributed by atoms with E-state index < -0.39 is 29.8 Å². The van der Waals surface area contributed by atoms with E-state index in [1.54, 1.807) is 6.92 Å². The number of Topliss-reactive ketones (excluding diaryl/α,β-unsaturated/α-hetero) is 1.